The van der Waals surface area contributed by atoms with Gasteiger partial charge in [0.05, 0.1) is 6.10 Å². The van der Waals surface area contributed by atoms with Gasteiger partial charge in [0.1, 0.15) is 6.61 Å². The average molecular weight is 356 g/mol. The van der Waals surface area contributed by atoms with Crippen molar-refractivity contribution in [3.05, 3.63) is 34.3 Å². The summed E-state index contributed by atoms with van der Waals surface area (Å²) < 4.78 is 6.49. The number of benzene rings is 1. The Bertz CT molecular complexity index is 455. The fourth-order valence-corrected chi connectivity index (χ4v) is 3.20. The van der Waals surface area contributed by atoms with Gasteiger partial charge >= 0.3 is 5.97 Å². The van der Waals surface area contributed by atoms with Crippen LogP contribution < -0.4 is 0 Å². The van der Waals surface area contributed by atoms with Gasteiger partial charge in [0.2, 0.25) is 0 Å². The lowest BCUT2D eigenvalue weighted by Gasteiger charge is -2.37. The standard InChI is InChI=1S/C16H22BrNO3/c1-2-15(12-3-5-13(17)6-4-12)18-9-7-14(8-10-18)21-11-16(19)20/h3-6,14-15H,2,7-11H2,1H3,(H,19,20). The van der Waals surface area contributed by atoms with Gasteiger partial charge in [-0.1, -0.05) is 35.0 Å². The van der Waals surface area contributed by atoms with Crippen LogP contribution in [0.15, 0.2) is 28.7 Å². The highest BCUT2D eigenvalue weighted by Gasteiger charge is 2.25. The number of carbonyl (C=O) groups is 1. The Morgan fingerprint density at radius 3 is 2.52 bits per heavy atom. The molecule has 1 aromatic rings. The van der Waals surface area contributed by atoms with E-state index < -0.39 is 5.97 Å². The monoisotopic (exact) mass is 355 g/mol. The van der Waals surface area contributed by atoms with Crippen LogP contribution in [0.5, 0.6) is 0 Å². The highest BCUT2D eigenvalue weighted by molar-refractivity contribution is 9.10. The molecule has 5 heteroatoms. The van der Waals surface area contributed by atoms with Crippen molar-refractivity contribution in [3.8, 4) is 0 Å². The molecule has 1 aliphatic rings. The molecule has 1 heterocycles. The first-order chi connectivity index (χ1) is 10.1. The number of piperidine rings is 1. The number of likely N-dealkylation sites (tertiary alicyclic amines) is 1. The van der Waals surface area contributed by atoms with Crippen molar-refractivity contribution in [2.75, 3.05) is 19.7 Å². The molecular weight excluding hydrogens is 334 g/mol. The Morgan fingerprint density at radius 1 is 1.38 bits per heavy atom. The molecule has 21 heavy (non-hydrogen) atoms. The molecule has 1 aromatic carbocycles. The van der Waals surface area contributed by atoms with Gasteiger partial charge in [0.15, 0.2) is 0 Å². The zero-order chi connectivity index (χ0) is 15.2. The van der Waals surface area contributed by atoms with E-state index in [0.717, 1.165) is 36.8 Å². The molecule has 1 aliphatic heterocycles. The van der Waals surface area contributed by atoms with Crippen molar-refractivity contribution < 1.29 is 14.6 Å². The van der Waals surface area contributed by atoms with Crippen molar-refractivity contribution in [3.63, 3.8) is 0 Å². The Balaban J connectivity index is 1.90. The maximum Gasteiger partial charge on any atom is 0.329 e. The van der Waals surface area contributed by atoms with Crippen LogP contribution >= 0.6 is 15.9 Å². The van der Waals surface area contributed by atoms with Gasteiger partial charge in [-0.2, -0.15) is 0 Å². The second kappa shape index (κ2) is 7.92. The summed E-state index contributed by atoms with van der Waals surface area (Å²) in [6, 6.07) is 8.94. The Kier molecular flexibility index (Phi) is 6.21. The largest absolute Gasteiger partial charge is 0.480 e. The number of nitrogens with zero attached hydrogens (tertiary/aromatic N) is 1. The summed E-state index contributed by atoms with van der Waals surface area (Å²) in [6.07, 6.45) is 2.96. The number of hydrogen-bond donors (Lipinski definition) is 1. The predicted molar refractivity (Wildman–Crippen MR) is 85.4 cm³/mol. The Morgan fingerprint density at radius 2 is 2.00 bits per heavy atom. The van der Waals surface area contributed by atoms with E-state index in [1.54, 1.807) is 0 Å². The van der Waals surface area contributed by atoms with Crippen molar-refractivity contribution in [2.24, 2.45) is 0 Å². The molecule has 1 fully saturated rings. The van der Waals surface area contributed by atoms with Gasteiger partial charge in [-0.25, -0.2) is 4.79 Å². The molecule has 1 atom stereocenters. The summed E-state index contributed by atoms with van der Waals surface area (Å²) in [5.74, 6) is -0.890. The number of carboxylic acids is 1. The lowest BCUT2D eigenvalue weighted by molar-refractivity contribution is -0.145. The van der Waals surface area contributed by atoms with E-state index in [9.17, 15) is 4.79 Å². The van der Waals surface area contributed by atoms with E-state index in [1.165, 1.54) is 5.56 Å². The Hall–Kier alpha value is -0.910. The summed E-state index contributed by atoms with van der Waals surface area (Å²) in [6.45, 7) is 3.94. The number of aliphatic carboxylic acids is 1. The van der Waals surface area contributed by atoms with Crippen LogP contribution in [0.25, 0.3) is 0 Å². The third kappa shape index (κ3) is 4.80. The highest BCUT2D eigenvalue weighted by atomic mass is 79.9. The van der Waals surface area contributed by atoms with E-state index in [4.69, 9.17) is 9.84 Å². The lowest BCUT2D eigenvalue weighted by Crippen LogP contribution is -2.39. The SMILES string of the molecule is CCC(c1ccc(Br)cc1)N1CCC(OCC(=O)O)CC1. The summed E-state index contributed by atoms with van der Waals surface area (Å²) in [5.41, 5.74) is 1.34. The van der Waals surface area contributed by atoms with Gasteiger partial charge in [0.25, 0.3) is 0 Å². The third-order valence-corrected chi connectivity index (χ3v) is 4.53. The first kappa shape index (κ1) is 16.5. The molecule has 0 saturated carbocycles. The number of ether oxygens (including phenoxy) is 1. The van der Waals surface area contributed by atoms with Crippen LogP contribution in [0, 0.1) is 0 Å². The van der Waals surface area contributed by atoms with Crippen molar-refractivity contribution in [1.82, 2.24) is 4.90 Å². The highest BCUT2D eigenvalue weighted by Crippen LogP contribution is 2.29. The molecular formula is C16H22BrNO3. The topological polar surface area (TPSA) is 49.8 Å². The van der Waals surface area contributed by atoms with Crippen LogP contribution in [-0.4, -0.2) is 41.8 Å². The van der Waals surface area contributed by atoms with E-state index in [-0.39, 0.29) is 12.7 Å². The first-order valence-corrected chi connectivity index (χ1v) is 8.22. The molecule has 0 spiro atoms. The minimum atomic E-state index is -0.890. The van der Waals surface area contributed by atoms with Gasteiger partial charge in [-0.3, -0.25) is 4.90 Å². The fraction of sp³-hybridized carbons (Fsp3) is 0.562. The molecule has 2 rings (SSSR count). The summed E-state index contributed by atoms with van der Waals surface area (Å²) in [4.78, 5) is 13.0. The molecule has 0 aromatic heterocycles. The Labute approximate surface area is 134 Å². The maximum atomic E-state index is 10.5. The average Bonchev–Trinajstić information content (AvgIpc) is 2.49. The summed E-state index contributed by atoms with van der Waals surface area (Å²) in [5, 5.41) is 8.65. The van der Waals surface area contributed by atoms with Crippen LogP contribution in [0.3, 0.4) is 0 Å². The van der Waals surface area contributed by atoms with Crippen LogP contribution in [0.4, 0.5) is 0 Å². The predicted octanol–water partition coefficient (Wildman–Crippen LogP) is 3.47. The summed E-state index contributed by atoms with van der Waals surface area (Å²) >= 11 is 3.47. The van der Waals surface area contributed by atoms with Crippen molar-refractivity contribution in [2.45, 2.75) is 38.3 Å². The minimum Gasteiger partial charge on any atom is -0.480 e. The first-order valence-electron chi connectivity index (χ1n) is 7.43. The maximum absolute atomic E-state index is 10.5. The van der Waals surface area contributed by atoms with Crippen molar-refractivity contribution >= 4 is 21.9 Å². The molecule has 116 valence electrons. The number of carboxylic acid groups (broad SMARTS) is 1. The molecule has 1 unspecified atom stereocenters. The zero-order valence-electron chi connectivity index (χ0n) is 12.3. The zero-order valence-corrected chi connectivity index (χ0v) is 13.9. The van der Waals surface area contributed by atoms with E-state index in [0.29, 0.717) is 6.04 Å². The van der Waals surface area contributed by atoms with Crippen molar-refractivity contribution in [1.29, 1.82) is 0 Å². The van der Waals surface area contributed by atoms with Crippen LogP contribution in [0.1, 0.15) is 37.8 Å². The molecule has 0 aliphatic carbocycles. The number of hydrogen-bond acceptors (Lipinski definition) is 3. The molecule has 4 nitrogen and oxygen atoms in total. The number of halogens is 1. The summed E-state index contributed by atoms with van der Waals surface area (Å²) in [7, 11) is 0. The molecule has 1 saturated heterocycles. The van der Waals surface area contributed by atoms with Gasteiger partial charge < -0.3 is 9.84 Å². The molecule has 0 bridgehead atoms. The van der Waals surface area contributed by atoms with E-state index in [2.05, 4.69) is 52.0 Å². The second-order valence-corrected chi connectivity index (χ2v) is 6.33. The molecule has 0 amide bonds. The molecule has 1 N–H and O–H groups in total. The van der Waals surface area contributed by atoms with Crippen LogP contribution in [0.2, 0.25) is 0 Å². The normalized spacial score (nSPS) is 18.6. The van der Waals surface area contributed by atoms with E-state index >= 15 is 0 Å². The minimum absolute atomic E-state index is 0.0831. The van der Waals surface area contributed by atoms with E-state index in [1.807, 2.05) is 0 Å². The number of rotatable bonds is 6. The lowest BCUT2D eigenvalue weighted by atomic mass is 9.99. The molecule has 0 radical (unpaired) electrons. The van der Waals surface area contributed by atoms with Gasteiger partial charge in [-0.15, -0.1) is 0 Å². The van der Waals surface area contributed by atoms with Gasteiger partial charge in [-0.05, 0) is 37.0 Å². The third-order valence-electron chi connectivity index (χ3n) is 4.00. The fourth-order valence-electron chi connectivity index (χ4n) is 2.93. The quantitative estimate of drug-likeness (QED) is 0.848. The second-order valence-electron chi connectivity index (χ2n) is 5.42. The van der Waals surface area contributed by atoms with Crippen LogP contribution in [-0.2, 0) is 9.53 Å². The smallest absolute Gasteiger partial charge is 0.329 e. The van der Waals surface area contributed by atoms with Gasteiger partial charge in [0, 0.05) is 23.6 Å².